The lowest BCUT2D eigenvalue weighted by Crippen LogP contribution is -2.44. The van der Waals surface area contributed by atoms with Gasteiger partial charge in [-0.25, -0.2) is 4.79 Å². The summed E-state index contributed by atoms with van der Waals surface area (Å²) in [4.78, 5) is 19.4. The lowest BCUT2D eigenvalue weighted by atomic mass is 10.2. The Bertz CT molecular complexity index is 419. The number of primary amides is 1. The molecule has 0 saturated heterocycles. The van der Waals surface area contributed by atoms with E-state index in [0.717, 1.165) is 37.9 Å². The highest BCUT2D eigenvalue weighted by Crippen LogP contribution is 1.98. The van der Waals surface area contributed by atoms with Crippen LogP contribution in [0.25, 0.3) is 0 Å². The Balaban J connectivity index is 2.35. The summed E-state index contributed by atoms with van der Waals surface area (Å²) >= 11 is 0. The van der Waals surface area contributed by atoms with Gasteiger partial charge >= 0.3 is 6.03 Å². The fourth-order valence-electron chi connectivity index (χ4n) is 1.64. The molecular formula is C14H23N5O. The Morgan fingerprint density at radius 2 is 2.25 bits per heavy atom. The fraction of sp³-hybridized carbons (Fsp3) is 0.500. The number of carbonyl (C=O) groups excluding carboxylic acids is 1. The first kappa shape index (κ1) is 15.9. The molecular weight excluding hydrogens is 254 g/mol. The molecule has 0 saturated carbocycles. The van der Waals surface area contributed by atoms with Crippen LogP contribution in [0.4, 0.5) is 4.79 Å². The number of guanidine groups is 1. The van der Waals surface area contributed by atoms with E-state index in [9.17, 15) is 4.79 Å². The van der Waals surface area contributed by atoms with Crippen molar-refractivity contribution in [1.29, 1.82) is 0 Å². The van der Waals surface area contributed by atoms with Crippen molar-refractivity contribution in [2.75, 3.05) is 13.1 Å². The van der Waals surface area contributed by atoms with Crippen LogP contribution in [0.1, 0.15) is 31.9 Å². The number of nitrogens with one attached hydrogen (secondary N) is 2. The zero-order valence-electron chi connectivity index (χ0n) is 11.9. The van der Waals surface area contributed by atoms with Crippen LogP contribution in [0.15, 0.2) is 29.4 Å². The molecule has 1 aromatic heterocycles. The van der Waals surface area contributed by atoms with Gasteiger partial charge in [0.15, 0.2) is 5.96 Å². The van der Waals surface area contributed by atoms with E-state index in [1.807, 2.05) is 18.2 Å². The van der Waals surface area contributed by atoms with Crippen molar-refractivity contribution in [1.82, 2.24) is 15.6 Å². The van der Waals surface area contributed by atoms with E-state index in [4.69, 9.17) is 5.73 Å². The van der Waals surface area contributed by atoms with Gasteiger partial charge in [0.2, 0.25) is 0 Å². The van der Waals surface area contributed by atoms with Crippen molar-refractivity contribution in [2.24, 2.45) is 10.7 Å². The molecule has 0 fully saturated rings. The molecule has 2 amide bonds. The second-order valence-electron chi connectivity index (χ2n) is 4.42. The molecule has 0 radical (unpaired) electrons. The summed E-state index contributed by atoms with van der Waals surface area (Å²) in [5, 5.41) is 5.57. The van der Waals surface area contributed by atoms with Gasteiger partial charge in [-0.05, 0) is 31.4 Å². The van der Waals surface area contributed by atoms with Gasteiger partial charge < -0.3 is 11.1 Å². The topological polar surface area (TPSA) is 92.4 Å². The molecule has 0 atom stereocenters. The summed E-state index contributed by atoms with van der Waals surface area (Å²) in [7, 11) is 0. The highest BCUT2D eigenvalue weighted by atomic mass is 16.2. The summed E-state index contributed by atoms with van der Waals surface area (Å²) in [6.07, 6.45) is 5.62. The summed E-state index contributed by atoms with van der Waals surface area (Å²) in [5.41, 5.74) is 6.16. The SMILES string of the molecule is CCCCNC(=NCCCc1ccccn1)NC(N)=O. The molecule has 4 N–H and O–H groups in total. The third-order valence-electron chi connectivity index (χ3n) is 2.65. The number of hydrogen-bond donors (Lipinski definition) is 3. The highest BCUT2D eigenvalue weighted by molar-refractivity contribution is 5.95. The number of urea groups is 1. The molecule has 0 aromatic carbocycles. The minimum absolute atomic E-state index is 0.451. The van der Waals surface area contributed by atoms with Gasteiger partial charge in [0, 0.05) is 25.0 Å². The van der Waals surface area contributed by atoms with Crippen LogP contribution in [-0.2, 0) is 6.42 Å². The number of hydrogen-bond acceptors (Lipinski definition) is 3. The molecule has 6 heteroatoms. The minimum atomic E-state index is -0.600. The van der Waals surface area contributed by atoms with Gasteiger partial charge in [-0.3, -0.25) is 15.3 Å². The molecule has 1 heterocycles. The van der Waals surface area contributed by atoms with Crippen LogP contribution in [0.3, 0.4) is 0 Å². The maximum Gasteiger partial charge on any atom is 0.318 e. The third-order valence-corrected chi connectivity index (χ3v) is 2.65. The molecule has 110 valence electrons. The highest BCUT2D eigenvalue weighted by Gasteiger charge is 2.01. The number of nitrogens with two attached hydrogens (primary N) is 1. The van der Waals surface area contributed by atoms with Crippen molar-refractivity contribution < 1.29 is 4.79 Å². The molecule has 1 rings (SSSR count). The Morgan fingerprint density at radius 3 is 2.90 bits per heavy atom. The molecule has 0 unspecified atom stereocenters. The van der Waals surface area contributed by atoms with Crippen molar-refractivity contribution in [3.63, 3.8) is 0 Å². The van der Waals surface area contributed by atoms with E-state index in [1.165, 1.54) is 0 Å². The van der Waals surface area contributed by atoms with Crippen molar-refractivity contribution in [2.45, 2.75) is 32.6 Å². The molecule has 1 aromatic rings. The smallest absolute Gasteiger partial charge is 0.318 e. The summed E-state index contributed by atoms with van der Waals surface area (Å²) in [5.74, 6) is 0.451. The maximum absolute atomic E-state index is 10.9. The van der Waals surface area contributed by atoms with E-state index >= 15 is 0 Å². The van der Waals surface area contributed by atoms with Crippen LogP contribution in [-0.4, -0.2) is 30.1 Å². The van der Waals surface area contributed by atoms with Crippen LogP contribution in [0, 0.1) is 0 Å². The first-order chi connectivity index (χ1) is 9.72. The number of aromatic nitrogens is 1. The van der Waals surface area contributed by atoms with Gasteiger partial charge in [0.05, 0.1) is 0 Å². The van der Waals surface area contributed by atoms with E-state index in [2.05, 4.69) is 27.5 Å². The van der Waals surface area contributed by atoms with E-state index < -0.39 is 6.03 Å². The predicted octanol–water partition coefficient (Wildman–Crippen LogP) is 1.43. The van der Waals surface area contributed by atoms with Crippen LogP contribution >= 0.6 is 0 Å². The Hall–Kier alpha value is -2.11. The van der Waals surface area contributed by atoms with Gasteiger partial charge in [-0.15, -0.1) is 0 Å². The standard InChI is InChI=1S/C14H23N5O/c1-2-3-9-17-14(19-13(15)20)18-11-6-8-12-7-4-5-10-16-12/h4-5,7,10H,2-3,6,8-9,11H2,1H3,(H4,15,17,18,19,20). The second-order valence-corrected chi connectivity index (χ2v) is 4.42. The van der Waals surface area contributed by atoms with Crippen molar-refractivity contribution in [3.8, 4) is 0 Å². The van der Waals surface area contributed by atoms with Gasteiger partial charge in [0.25, 0.3) is 0 Å². The number of rotatable bonds is 7. The number of carbonyl (C=O) groups is 1. The Labute approximate surface area is 119 Å². The van der Waals surface area contributed by atoms with Crippen LogP contribution in [0.5, 0.6) is 0 Å². The number of pyridine rings is 1. The lowest BCUT2D eigenvalue weighted by molar-refractivity contribution is 0.253. The number of unbranched alkanes of at least 4 members (excludes halogenated alkanes) is 1. The molecule has 20 heavy (non-hydrogen) atoms. The van der Waals surface area contributed by atoms with Crippen molar-refractivity contribution >= 4 is 12.0 Å². The first-order valence-electron chi connectivity index (χ1n) is 6.97. The van der Waals surface area contributed by atoms with Gasteiger partial charge in [-0.1, -0.05) is 19.4 Å². The number of aryl methyl sites for hydroxylation is 1. The largest absolute Gasteiger partial charge is 0.356 e. The van der Waals surface area contributed by atoms with Crippen LogP contribution < -0.4 is 16.4 Å². The van der Waals surface area contributed by atoms with Gasteiger partial charge in [0.1, 0.15) is 0 Å². The van der Waals surface area contributed by atoms with Crippen LogP contribution in [0.2, 0.25) is 0 Å². The predicted molar refractivity (Wildman–Crippen MR) is 80.5 cm³/mol. The molecule has 0 spiro atoms. The number of aliphatic imine (C=N–C) groups is 1. The zero-order chi connectivity index (χ0) is 14.6. The second kappa shape index (κ2) is 9.77. The Morgan fingerprint density at radius 1 is 1.40 bits per heavy atom. The fourth-order valence-corrected chi connectivity index (χ4v) is 1.64. The average Bonchev–Trinajstić information content (AvgIpc) is 2.44. The van der Waals surface area contributed by atoms with E-state index in [1.54, 1.807) is 6.20 Å². The molecule has 0 aliphatic carbocycles. The Kier molecular flexibility index (Phi) is 7.79. The zero-order valence-corrected chi connectivity index (χ0v) is 11.9. The molecule has 0 aliphatic heterocycles. The molecule has 0 aliphatic rings. The maximum atomic E-state index is 10.9. The normalized spacial score (nSPS) is 11.2. The summed E-state index contributed by atoms with van der Waals surface area (Å²) in [6, 6.07) is 5.26. The van der Waals surface area contributed by atoms with E-state index in [0.29, 0.717) is 12.5 Å². The summed E-state index contributed by atoms with van der Waals surface area (Å²) < 4.78 is 0. The monoisotopic (exact) mass is 277 g/mol. The van der Waals surface area contributed by atoms with Crippen molar-refractivity contribution in [3.05, 3.63) is 30.1 Å². The van der Waals surface area contributed by atoms with Gasteiger partial charge in [-0.2, -0.15) is 0 Å². The minimum Gasteiger partial charge on any atom is -0.356 e. The summed E-state index contributed by atoms with van der Waals surface area (Å²) in [6.45, 7) is 3.49. The number of amides is 2. The lowest BCUT2D eigenvalue weighted by Gasteiger charge is -2.09. The quantitative estimate of drug-likeness (QED) is 0.400. The van der Waals surface area contributed by atoms with E-state index in [-0.39, 0.29) is 0 Å². The first-order valence-corrected chi connectivity index (χ1v) is 6.97. The number of nitrogens with zero attached hydrogens (tertiary/aromatic N) is 2. The molecule has 6 nitrogen and oxygen atoms in total. The third kappa shape index (κ3) is 7.35. The molecule has 0 bridgehead atoms. The average molecular weight is 277 g/mol.